The number of carbonyl (C=O) groups is 1. The first-order valence-electron chi connectivity index (χ1n) is 8.84. The molecule has 5 rings (SSSR count). The monoisotopic (exact) mass is 376 g/mol. The molecule has 0 N–H and O–H groups in total. The Morgan fingerprint density at radius 2 is 1.32 bits per heavy atom. The number of benzene rings is 3. The molecule has 2 aliphatic heterocycles. The van der Waals surface area contributed by atoms with Crippen LogP contribution in [0.2, 0.25) is 0 Å². The first-order valence-corrected chi connectivity index (χ1v) is 8.84. The van der Waals surface area contributed by atoms with Crippen LogP contribution in [0.5, 0.6) is 34.5 Å². The van der Waals surface area contributed by atoms with Crippen LogP contribution >= 0.6 is 0 Å². The molecule has 0 atom stereocenters. The van der Waals surface area contributed by atoms with Crippen molar-refractivity contribution in [3.05, 3.63) is 71.8 Å². The second-order valence-electron chi connectivity index (χ2n) is 6.43. The van der Waals surface area contributed by atoms with Crippen LogP contribution in [0.4, 0.5) is 0 Å². The van der Waals surface area contributed by atoms with Crippen LogP contribution in [-0.4, -0.2) is 19.4 Å². The number of hydrogen-bond acceptors (Lipinski definition) is 6. The number of Topliss-reactive ketones (excluding diaryl/α,β-unsaturated/α-hetero) is 1. The Bertz CT molecular complexity index is 1040. The first-order chi connectivity index (χ1) is 13.7. The van der Waals surface area contributed by atoms with Crippen LogP contribution in [0.3, 0.4) is 0 Å². The Kier molecular flexibility index (Phi) is 4.01. The average Bonchev–Trinajstić information content (AvgIpc) is 3.37. The zero-order valence-electron chi connectivity index (χ0n) is 14.8. The molecule has 0 amide bonds. The number of ether oxygens (including phenoxy) is 5. The molecule has 2 heterocycles. The van der Waals surface area contributed by atoms with Crippen molar-refractivity contribution in [3.8, 4) is 34.5 Å². The van der Waals surface area contributed by atoms with Crippen LogP contribution in [0.15, 0.2) is 60.7 Å². The van der Waals surface area contributed by atoms with E-state index < -0.39 is 0 Å². The van der Waals surface area contributed by atoms with Crippen LogP contribution in [-0.2, 0) is 6.42 Å². The molecule has 6 heteroatoms. The standard InChI is InChI=1S/C22H16O6/c23-18(15-3-7-19-21(10-15)26-12-24-19)9-14-1-4-16(5-2-14)28-17-6-8-20-22(11-17)27-13-25-20/h1-8,10-11H,9,12-13H2. The van der Waals surface area contributed by atoms with E-state index in [1.165, 1.54) is 0 Å². The molecule has 0 unspecified atom stereocenters. The Morgan fingerprint density at radius 1 is 0.714 bits per heavy atom. The second kappa shape index (κ2) is 6.81. The summed E-state index contributed by atoms with van der Waals surface area (Å²) in [5, 5.41) is 0. The van der Waals surface area contributed by atoms with E-state index >= 15 is 0 Å². The summed E-state index contributed by atoms with van der Waals surface area (Å²) in [6, 6.07) is 18.1. The van der Waals surface area contributed by atoms with Crippen LogP contribution in [0, 0.1) is 0 Å². The molecule has 140 valence electrons. The molecule has 28 heavy (non-hydrogen) atoms. The minimum Gasteiger partial charge on any atom is -0.457 e. The number of rotatable bonds is 5. The third-order valence-corrected chi connectivity index (χ3v) is 4.56. The molecule has 0 aliphatic carbocycles. The molecule has 0 bridgehead atoms. The Labute approximate surface area is 161 Å². The van der Waals surface area contributed by atoms with Crippen LogP contribution < -0.4 is 23.7 Å². The smallest absolute Gasteiger partial charge is 0.231 e. The number of carbonyl (C=O) groups excluding carboxylic acids is 1. The van der Waals surface area contributed by atoms with Crippen molar-refractivity contribution in [1.82, 2.24) is 0 Å². The lowest BCUT2D eigenvalue weighted by atomic mass is 10.0. The maximum Gasteiger partial charge on any atom is 0.231 e. The van der Waals surface area contributed by atoms with Gasteiger partial charge >= 0.3 is 0 Å². The van der Waals surface area contributed by atoms with E-state index in [0.29, 0.717) is 46.5 Å². The topological polar surface area (TPSA) is 63.2 Å². The van der Waals surface area contributed by atoms with Gasteiger partial charge in [-0.15, -0.1) is 0 Å². The van der Waals surface area contributed by atoms with Crippen molar-refractivity contribution in [2.45, 2.75) is 6.42 Å². The first kappa shape index (κ1) is 16.5. The molecular formula is C22H16O6. The fourth-order valence-electron chi connectivity index (χ4n) is 3.11. The zero-order chi connectivity index (χ0) is 18.9. The van der Waals surface area contributed by atoms with Gasteiger partial charge in [0.25, 0.3) is 0 Å². The highest BCUT2D eigenvalue weighted by atomic mass is 16.7. The SMILES string of the molecule is O=C(Cc1ccc(Oc2ccc3c(c2)OCO3)cc1)c1ccc2c(c1)OCO2. The summed E-state index contributed by atoms with van der Waals surface area (Å²) in [7, 11) is 0. The largest absolute Gasteiger partial charge is 0.457 e. The van der Waals surface area contributed by atoms with E-state index in [-0.39, 0.29) is 19.4 Å². The van der Waals surface area contributed by atoms with Gasteiger partial charge in [-0.25, -0.2) is 0 Å². The summed E-state index contributed by atoms with van der Waals surface area (Å²) in [6.07, 6.45) is 0.296. The summed E-state index contributed by atoms with van der Waals surface area (Å²) in [5.41, 5.74) is 1.51. The van der Waals surface area contributed by atoms with Crippen molar-refractivity contribution in [2.24, 2.45) is 0 Å². The minimum atomic E-state index is 0.0164. The summed E-state index contributed by atoms with van der Waals surface area (Å²) >= 11 is 0. The molecule has 2 aliphatic rings. The highest BCUT2D eigenvalue weighted by Crippen LogP contribution is 2.36. The molecule has 6 nitrogen and oxygen atoms in total. The van der Waals surface area contributed by atoms with Crippen LogP contribution in [0.25, 0.3) is 0 Å². The molecule has 3 aromatic rings. The summed E-state index contributed by atoms with van der Waals surface area (Å²) < 4.78 is 27.1. The van der Waals surface area contributed by atoms with Crippen LogP contribution in [0.1, 0.15) is 15.9 Å². The van der Waals surface area contributed by atoms with Crippen molar-refractivity contribution < 1.29 is 28.5 Å². The maximum atomic E-state index is 12.5. The minimum absolute atomic E-state index is 0.0164. The van der Waals surface area contributed by atoms with Gasteiger partial charge in [0.05, 0.1) is 0 Å². The normalized spacial score (nSPS) is 13.4. The zero-order valence-corrected chi connectivity index (χ0v) is 14.8. The average molecular weight is 376 g/mol. The van der Waals surface area contributed by atoms with Gasteiger partial charge in [0.1, 0.15) is 11.5 Å². The molecule has 3 aromatic carbocycles. The van der Waals surface area contributed by atoms with Gasteiger partial charge in [-0.3, -0.25) is 4.79 Å². The second-order valence-corrected chi connectivity index (χ2v) is 6.43. The lowest BCUT2D eigenvalue weighted by Gasteiger charge is -2.08. The summed E-state index contributed by atoms with van der Waals surface area (Å²) in [6.45, 7) is 0.419. The molecule has 0 aromatic heterocycles. The van der Waals surface area contributed by atoms with Gasteiger partial charge in [-0.05, 0) is 48.0 Å². The fourth-order valence-corrected chi connectivity index (χ4v) is 3.11. The predicted octanol–water partition coefficient (Wildman–Crippen LogP) is 4.36. The van der Waals surface area contributed by atoms with Gasteiger partial charge in [-0.1, -0.05) is 12.1 Å². The molecule has 0 spiro atoms. The van der Waals surface area contributed by atoms with Crippen molar-refractivity contribution in [3.63, 3.8) is 0 Å². The predicted molar refractivity (Wildman–Crippen MR) is 99.7 cm³/mol. The van der Waals surface area contributed by atoms with E-state index in [1.54, 1.807) is 24.3 Å². The number of hydrogen-bond donors (Lipinski definition) is 0. The van der Waals surface area contributed by atoms with Gasteiger partial charge in [0.15, 0.2) is 28.8 Å². The molecule has 0 saturated heterocycles. The van der Waals surface area contributed by atoms with Crippen molar-refractivity contribution in [2.75, 3.05) is 13.6 Å². The molecular weight excluding hydrogens is 360 g/mol. The Morgan fingerprint density at radius 3 is 2.07 bits per heavy atom. The number of ketones is 1. The Hall–Kier alpha value is -3.67. The third-order valence-electron chi connectivity index (χ3n) is 4.56. The molecule has 0 radical (unpaired) electrons. The van der Waals surface area contributed by atoms with Gasteiger partial charge in [0.2, 0.25) is 13.6 Å². The maximum absolute atomic E-state index is 12.5. The van der Waals surface area contributed by atoms with E-state index in [2.05, 4.69) is 0 Å². The van der Waals surface area contributed by atoms with E-state index in [9.17, 15) is 4.79 Å². The van der Waals surface area contributed by atoms with Crippen molar-refractivity contribution in [1.29, 1.82) is 0 Å². The quantitative estimate of drug-likeness (QED) is 0.617. The Balaban J connectivity index is 1.25. The number of fused-ring (bicyclic) bond motifs is 2. The van der Waals surface area contributed by atoms with Crippen molar-refractivity contribution >= 4 is 5.78 Å². The fraction of sp³-hybridized carbons (Fsp3) is 0.136. The highest BCUT2D eigenvalue weighted by Gasteiger charge is 2.17. The van der Waals surface area contributed by atoms with E-state index in [1.807, 2.05) is 36.4 Å². The van der Waals surface area contributed by atoms with E-state index in [0.717, 1.165) is 5.56 Å². The summed E-state index contributed by atoms with van der Waals surface area (Å²) in [4.78, 5) is 12.5. The van der Waals surface area contributed by atoms with Gasteiger partial charge < -0.3 is 23.7 Å². The molecule has 0 fully saturated rings. The third kappa shape index (κ3) is 3.20. The van der Waals surface area contributed by atoms with E-state index in [4.69, 9.17) is 23.7 Å². The molecule has 0 saturated carbocycles. The van der Waals surface area contributed by atoms with Gasteiger partial charge in [-0.2, -0.15) is 0 Å². The lowest BCUT2D eigenvalue weighted by molar-refractivity contribution is 0.0992. The van der Waals surface area contributed by atoms with Gasteiger partial charge in [0, 0.05) is 18.1 Å². The lowest BCUT2D eigenvalue weighted by Crippen LogP contribution is -2.03. The highest BCUT2D eigenvalue weighted by molar-refractivity contribution is 5.98. The summed E-state index contributed by atoms with van der Waals surface area (Å²) in [5.74, 6) is 4.02.